The van der Waals surface area contributed by atoms with Crippen LogP contribution in [0.4, 0.5) is 11.4 Å². The van der Waals surface area contributed by atoms with Gasteiger partial charge in [0.2, 0.25) is 15.9 Å². The van der Waals surface area contributed by atoms with Crippen LogP contribution >= 0.6 is 0 Å². The fourth-order valence-electron chi connectivity index (χ4n) is 2.56. The predicted molar refractivity (Wildman–Crippen MR) is 111 cm³/mol. The van der Waals surface area contributed by atoms with Gasteiger partial charge in [-0.25, -0.2) is 13.6 Å². The number of sulfonamides is 1. The molecular formula is C20H27N3O4S. The molecule has 0 spiro atoms. The molecule has 0 saturated carbocycles. The van der Waals surface area contributed by atoms with Crippen LogP contribution in [-0.4, -0.2) is 27.5 Å². The highest BCUT2D eigenvalue weighted by molar-refractivity contribution is 7.89. The van der Waals surface area contributed by atoms with E-state index in [2.05, 4.69) is 31.4 Å². The summed E-state index contributed by atoms with van der Waals surface area (Å²) in [5.74, 6) is 0.372. The average Bonchev–Trinajstić information content (AvgIpc) is 2.60. The van der Waals surface area contributed by atoms with Crippen LogP contribution in [0.15, 0.2) is 47.4 Å². The Hall–Kier alpha value is -2.58. The molecule has 0 aliphatic carbocycles. The van der Waals surface area contributed by atoms with Crippen molar-refractivity contribution >= 4 is 27.3 Å². The van der Waals surface area contributed by atoms with Gasteiger partial charge in [0, 0.05) is 5.69 Å². The Morgan fingerprint density at radius 3 is 2.21 bits per heavy atom. The van der Waals surface area contributed by atoms with Gasteiger partial charge in [-0.2, -0.15) is 0 Å². The zero-order valence-electron chi connectivity index (χ0n) is 16.7. The van der Waals surface area contributed by atoms with E-state index in [9.17, 15) is 13.2 Å². The Kier molecular flexibility index (Phi) is 6.36. The van der Waals surface area contributed by atoms with Crippen molar-refractivity contribution in [2.45, 2.75) is 44.0 Å². The Morgan fingerprint density at radius 2 is 1.71 bits per heavy atom. The topological polar surface area (TPSA) is 111 Å². The number of rotatable bonds is 6. The first-order chi connectivity index (χ1) is 12.9. The molecule has 0 heterocycles. The summed E-state index contributed by atoms with van der Waals surface area (Å²) in [4.78, 5) is 12.5. The summed E-state index contributed by atoms with van der Waals surface area (Å²) in [6, 6.07) is 11.0. The van der Waals surface area contributed by atoms with E-state index in [4.69, 9.17) is 9.88 Å². The largest absolute Gasteiger partial charge is 0.495 e. The normalized spacial score (nSPS) is 12.9. The van der Waals surface area contributed by atoms with Crippen LogP contribution in [0, 0.1) is 0 Å². The molecule has 0 aliphatic heterocycles. The molecule has 7 nitrogen and oxygen atoms in total. The molecule has 0 radical (unpaired) electrons. The number of amides is 1. The maximum atomic E-state index is 12.5. The number of carbonyl (C=O) groups excluding carboxylic acids is 1. The van der Waals surface area contributed by atoms with Crippen molar-refractivity contribution in [3.63, 3.8) is 0 Å². The number of hydrogen-bond acceptors (Lipinski definition) is 5. The molecule has 4 N–H and O–H groups in total. The number of carbonyl (C=O) groups is 1. The highest BCUT2D eigenvalue weighted by Crippen LogP contribution is 2.31. The summed E-state index contributed by atoms with van der Waals surface area (Å²) in [6.45, 7) is 8.07. The van der Waals surface area contributed by atoms with E-state index in [0.717, 1.165) is 11.3 Å². The summed E-state index contributed by atoms with van der Waals surface area (Å²) in [7, 11) is -2.19. The number of hydrogen-bond donors (Lipinski definition) is 3. The lowest BCUT2D eigenvalue weighted by atomic mass is 9.86. The average molecular weight is 406 g/mol. The molecule has 28 heavy (non-hydrogen) atoms. The first-order valence-electron chi connectivity index (χ1n) is 8.80. The van der Waals surface area contributed by atoms with Gasteiger partial charge >= 0.3 is 0 Å². The van der Waals surface area contributed by atoms with Crippen LogP contribution in [0.5, 0.6) is 5.75 Å². The minimum absolute atomic E-state index is 0.0135. The van der Waals surface area contributed by atoms with E-state index < -0.39 is 16.1 Å². The van der Waals surface area contributed by atoms with Gasteiger partial charge in [-0.15, -0.1) is 0 Å². The quantitative estimate of drug-likeness (QED) is 0.684. The Labute approximate surface area is 166 Å². The molecule has 2 aromatic carbocycles. The SMILES string of the molecule is COc1ccc(C(C)(C)C)cc1N[C@H](C)C(=O)Nc1ccc(S(N)(=O)=O)cc1. The highest BCUT2D eigenvalue weighted by Gasteiger charge is 2.19. The van der Waals surface area contributed by atoms with Gasteiger partial charge in [-0.3, -0.25) is 4.79 Å². The lowest BCUT2D eigenvalue weighted by Gasteiger charge is -2.23. The van der Waals surface area contributed by atoms with Crippen LogP contribution in [0.3, 0.4) is 0 Å². The van der Waals surface area contributed by atoms with Crippen LogP contribution in [0.25, 0.3) is 0 Å². The number of primary sulfonamides is 1. The minimum atomic E-state index is -3.77. The Morgan fingerprint density at radius 1 is 1.11 bits per heavy atom. The van der Waals surface area contributed by atoms with Gasteiger partial charge in [-0.1, -0.05) is 26.8 Å². The van der Waals surface area contributed by atoms with E-state index >= 15 is 0 Å². The molecule has 1 atom stereocenters. The van der Waals surface area contributed by atoms with Gasteiger partial charge in [0.05, 0.1) is 17.7 Å². The molecule has 0 saturated heterocycles. The van der Waals surface area contributed by atoms with Crippen molar-refractivity contribution in [1.29, 1.82) is 0 Å². The molecule has 0 bridgehead atoms. The first kappa shape index (κ1) is 21.7. The summed E-state index contributed by atoms with van der Waals surface area (Å²) in [6.07, 6.45) is 0. The molecule has 0 aliphatic rings. The first-order valence-corrected chi connectivity index (χ1v) is 10.4. The van der Waals surface area contributed by atoms with Gasteiger partial charge in [0.15, 0.2) is 0 Å². The molecule has 152 valence electrons. The Bertz CT molecular complexity index is 948. The number of benzene rings is 2. The van der Waals surface area contributed by atoms with Crippen LogP contribution in [-0.2, 0) is 20.2 Å². The molecular weight excluding hydrogens is 378 g/mol. The summed E-state index contributed by atoms with van der Waals surface area (Å²) < 4.78 is 28.0. The number of methoxy groups -OCH3 is 1. The van der Waals surface area contributed by atoms with Crippen molar-refractivity contribution in [3.05, 3.63) is 48.0 Å². The molecule has 1 amide bonds. The van der Waals surface area contributed by atoms with Gasteiger partial charge in [-0.05, 0) is 54.3 Å². The van der Waals surface area contributed by atoms with Crippen molar-refractivity contribution < 1.29 is 17.9 Å². The summed E-state index contributed by atoms with van der Waals surface area (Å²) in [5, 5.41) is 11.0. The third-order valence-electron chi connectivity index (χ3n) is 4.28. The Balaban J connectivity index is 2.14. The van der Waals surface area contributed by atoms with E-state index in [1.54, 1.807) is 14.0 Å². The van der Waals surface area contributed by atoms with Crippen molar-refractivity contribution in [1.82, 2.24) is 0 Å². The zero-order valence-corrected chi connectivity index (χ0v) is 17.6. The third-order valence-corrected chi connectivity index (χ3v) is 5.21. The summed E-state index contributed by atoms with van der Waals surface area (Å²) >= 11 is 0. The molecule has 2 aromatic rings. The fraction of sp³-hybridized carbons (Fsp3) is 0.350. The van der Waals surface area contributed by atoms with Gasteiger partial charge in [0.25, 0.3) is 0 Å². The minimum Gasteiger partial charge on any atom is -0.495 e. The monoisotopic (exact) mass is 405 g/mol. The van der Waals surface area contributed by atoms with Crippen LogP contribution < -0.4 is 20.5 Å². The van der Waals surface area contributed by atoms with E-state index in [0.29, 0.717) is 11.4 Å². The van der Waals surface area contributed by atoms with Gasteiger partial charge in [0.1, 0.15) is 11.8 Å². The number of ether oxygens (including phenoxy) is 1. The van der Waals surface area contributed by atoms with E-state index in [1.807, 2.05) is 18.2 Å². The second kappa shape index (κ2) is 8.20. The van der Waals surface area contributed by atoms with E-state index in [-0.39, 0.29) is 16.2 Å². The highest BCUT2D eigenvalue weighted by atomic mass is 32.2. The lowest BCUT2D eigenvalue weighted by Crippen LogP contribution is -2.32. The van der Waals surface area contributed by atoms with Gasteiger partial charge < -0.3 is 15.4 Å². The van der Waals surface area contributed by atoms with Crippen molar-refractivity contribution in [3.8, 4) is 5.75 Å². The maximum Gasteiger partial charge on any atom is 0.246 e. The number of anilines is 2. The number of nitrogens with one attached hydrogen (secondary N) is 2. The second-order valence-corrected chi connectivity index (χ2v) is 9.15. The second-order valence-electron chi connectivity index (χ2n) is 7.59. The predicted octanol–water partition coefficient (Wildman–Crippen LogP) is 3.08. The standard InChI is InChI=1S/C20H27N3O4S/c1-13(19(24)23-15-7-9-16(10-8-15)28(21,25)26)22-17-12-14(20(2,3)4)6-11-18(17)27-5/h6-13,22H,1-5H3,(H,23,24)(H2,21,25,26)/t13-/m1/s1. The van der Waals surface area contributed by atoms with Crippen molar-refractivity contribution in [2.24, 2.45) is 5.14 Å². The third kappa shape index (κ3) is 5.46. The molecule has 8 heteroatoms. The van der Waals surface area contributed by atoms with Crippen LogP contribution in [0.1, 0.15) is 33.3 Å². The smallest absolute Gasteiger partial charge is 0.246 e. The van der Waals surface area contributed by atoms with Crippen molar-refractivity contribution in [2.75, 3.05) is 17.7 Å². The fourth-order valence-corrected chi connectivity index (χ4v) is 3.08. The maximum absolute atomic E-state index is 12.5. The molecule has 0 unspecified atom stereocenters. The molecule has 2 rings (SSSR count). The zero-order chi connectivity index (χ0) is 21.1. The van der Waals surface area contributed by atoms with E-state index in [1.165, 1.54) is 24.3 Å². The van der Waals surface area contributed by atoms with Crippen LogP contribution in [0.2, 0.25) is 0 Å². The molecule has 0 aromatic heterocycles. The molecule has 0 fully saturated rings. The summed E-state index contributed by atoms with van der Waals surface area (Å²) in [5.41, 5.74) is 2.27. The number of nitrogens with two attached hydrogens (primary N) is 1. The lowest BCUT2D eigenvalue weighted by molar-refractivity contribution is -0.116.